The number of ether oxygens (including phenoxy) is 1. The number of benzene rings is 2. The van der Waals surface area contributed by atoms with Gasteiger partial charge in [-0.15, -0.1) is 0 Å². The van der Waals surface area contributed by atoms with Crippen molar-refractivity contribution < 1.29 is 14.3 Å². The number of carbonyl (C=O) groups excluding carboxylic acids is 2. The summed E-state index contributed by atoms with van der Waals surface area (Å²) in [5.41, 5.74) is 2.02. The molecule has 0 aromatic heterocycles. The van der Waals surface area contributed by atoms with E-state index in [9.17, 15) is 9.59 Å². The fourth-order valence-corrected chi connectivity index (χ4v) is 2.93. The molecule has 5 heteroatoms. The Kier molecular flexibility index (Phi) is 8.52. The Morgan fingerprint density at radius 2 is 1.59 bits per heavy atom. The molecular weight excluding hydrogens is 340 g/mol. The van der Waals surface area contributed by atoms with Gasteiger partial charge >= 0.3 is 0 Å². The molecule has 144 valence electrons. The molecule has 2 aromatic rings. The van der Waals surface area contributed by atoms with Crippen LogP contribution < -0.4 is 5.32 Å². The molecule has 1 N–H and O–H groups in total. The number of nitrogens with zero attached hydrogens (tertiary/aromatic N) is 1. The molecular formula is C22H28N2O3. The van der Waals surface area contributed by atoms with Crippen molar-refractivity contribution in [1.82, 2.24) is 10.2 Å². The van der Waals surface area contributed by atoms with Gasteiger partial charge < -0.3 is 15.0 Å². The first-order chi connectivity index (χ1) is 13.2. The summed E-state index contributed by atoms with van der Waals surface area (Å²) < 4.78 is 5.02. The maximum Gasteiger partial charge on any atom is 0.243 e. The van der Waals surface area contributed by atoms with Gasteiger partial charge in [-0.2, -0.15) is 0 Å². The van der Waals surface area contributed by atoms with Gasteiger partial charge in [0.05, 0.1) is 6.61 Å². The average molecular weight is 368 g/mol. The zero-order valence-electron chi connectivity index (χ0n) is 16.1. The molecule has 0 saturated carbocycles. The van der Waals surface area contributed by atoms with Crippen molar-refractivity contribution >= 4 is 11.8 Å². The van der Waals surface area contributed by atoms with Gasteiger partial charge in [-0.1, -0.05) is 67.6 Å². The Bertz CT molecular complexity index is 704. The van der Waals surface area contributed by atoms with E-state index in [1.165, 1.54) is 0 Å². The summed E-state index contributed by atoms with van der Waals surface area (Å²) in [4.78, 5) is 27.3. The van der Waals surface area contributed by atoms with Gasteiger partial charge in [0, 0.05) is 33.0 Å². The highest BCUT2D eigenvalue weighted by Gasteiger charge is 2.29. The van der Waals surface area contributed by atoms with E-state index in [1.54, 1.807) is 12.0 Å². The Morgan fingerprint density at radius 3 is 2.15 bits per heavy atom. The number of amides is 2. The van der Waals surface area contributed by atoms with E-state index in [2.05, 4.69) is 5.32 Å². The van der Waals surface area contributed by atoms with Crippen LogP contribution in [0.4, 0.5) is 0 Å². The smallest absolute Gasteiger partial charge is 0.243 e. The summed E-state index contributed by atoms with van der Waals surface area (Å²) in [7, 11) is 1.59. The van der Waals surface area contributed by atoms with Crippen LogP contribution in [0, 0.1) is 0 Å². The summed E-state index contributed by atoms with van der Waals surface area (Å²) in [6, 6.07) is 19.0. The summed E-state index contributed by atoms with van der Waals surface area (Å²) in [5, 5.41) is 2.89. The van der Waals surface area contributed by atoms with Crippen LogP contribution in [-0.4, -0.2) is 43.0 Å². The highest BCUT2D eigenvalue weighted by Crippen LogP contribution is 2.15. The van der Waals surface area contributed by atoms with Crippen molar-refractivity contribution in [2.75, 3.05) is 20.3 Å². The topological polar surface area (TPSA) is 58.6 Å². The minimum Gasteiger partial charge on any atom is -0.383 e. The van der Waals surface area contributed by atoms with Gasteiger partial charge in [0.15, 0.2) is 0 Å². The van der Waals surface area contributed by atoms with Gasteiger partial charge in [-0.3, -0.25) is 9.59 Å². The predicted octanol–water partition coefficient (Wildman–Crippen LogP) is 2.80. The van der Waals surface area contributed by atoms with E-state index in [0.29, 0.717) is 32.5 Å². The monoisotopic (exact) mass is 368 g/mol. The first-order valence-electron chi connectivity index (χ1n) is 9.29. The van der Waals surface area contributed by atoms with Gasteiger partial charge in [0.25, 0.3) is 0 Å². The van der Waals surface area contributed by atoms with Crippen LogP contribution in [0.2, 0.25) is 0 Å². The molecule has 0 saturated heterocycles. The van der Waals surface area contributed by atoms with Crippen molar-refractivity contribution in [1.29, 1.82) is 0 Å². The third-order valence-corrected chi connectivity index (χ3v) is 4.37. The summed E-state index contributed by atoms with van der Waals surface area (Å²) in [6.07, 6.45) is 0.821. The molecule has 0 unspecified atom stereocenters. The number of carbonyl (C=O) groups is 2. The highest BCUT2D eigenvalue weighted by molar-refractivity contribution is 5.87. The summed E-state index contributed by atoms with van der Waals surface area (Å²) in [6.45, 7) is 3.08. The van der Waals surface area contributed by atoms with E-state index in [4.69, 9.17) is 4.74 Å². The zero-order chi connectivity index (χ0) is 19.5. The van der Waals surface area contributed by atoms with E-state index in [-0.39, 0.29) is 11.8 Å². The Morgan fingerprint density at radius 1 is 1.00 bits per heavy atom. The maximum absolute atomic E-state index is 12.9. The molecule has 0 aliphatic heterocycles. The molecule has 5 nitrogen and oxygen atoms in total. The predicted molar refractivity (Wildman–Crippen MR) is 106 cm³/mol. The lowest BCUT2D eigenvalue weighted by atomic mass is 10.0. The lowest BCUT2D eigenvalue weighted by Crippen LogP contribution is -2.50. The fraction of sp³-hybridized carbons (Fsp3) is 0.364. The van der Waals surface area contributed by atoms with Crippen molar-refractivity contribution in [3.8, 4) is 0 Å². The molecule has 0 heterocycles. The van der Waals surface area contributed by atoms with Crippen molar-refractivity contribution in [3.05, 3.63) is 71.8 Å². The van der Waals surface area contributed by atoms with E-state index >= 15 is 0 Å². The van der Waals surface area contributed by atoms with Crippen LogP contribution in [0.15, 0.2) is 60.7 Å². The molecule has 0 spiro atoms. The highest BCUT2D eigenvalue weighted by atomic mass is 16.5. The SMILES string of the molecule is CCC(=O)N(Cc1ccccc1)[C@@H](Cc1ccccc1)C(=O)NCCOC. The number of rotatable bonds is 10. The third-order valence-electron chi connectivity index (χ3n) is 4.37. The summed E-state index contributed by atoms with van der Waals surface area (Å²) in [5.74, 6) is -0.199. The molecule has 0 bridgehead atoms. The van der Waals surface area contributed by atoms with Crippen LogP contribution in [0.5, 0.6) is 0 Å². The van der Waals surface area contributed by atoms with E-state index in [1.807, 2.05) is 67.6 Å². The molecule has 27 heavy (non-hydrogen) atoms. The van der Waals surface area contributed by atoms with Gasteiger partial charge in [0.1, 0.15) is 6.04 Å². The van der Waals surface area contributed by atoms with Crippen LogP contribution in [-0.2, 0) is 27.3 Å². The standard InChI is InChI=1S/C22H28N2O3/c1-3-21(25)24(17-19-12-8-5-9-13-19)20(22(26)23-14-15-27-2)16-18-10-6-4-7-11-18/h4-13,20H,3,14-17H2,1-2H3,(H,23,26)/t20-/m0/s1. The molecule has 0 radical (unpaired) electrons. The Labute approximate surface area is 161 Å². The quantitative estimate of drug-likeness (QED) is 0.656. The second-order valence-corrected chi connectivity index (χ2v) is 6.35. The number of hydrogen-bond acceptors (Lipinski definition) is 3. The second kappa shape index (κ2) is 11.1. The molecule has 1 atom stereocenters. The first-order valence-corrected chi connectivity index (χ1v) is 9.29. The van der Waals surface area contributed by atoms with Crippen LogP contribution in [0.1, 0.15) is 24.5 Å². The van der Waals surface area contributed by atoms with Gasteiger partial charge in [0.2, 0.25) is 11.8 Å². The normalized spacial score (nSPS) is 11.6. The summed E-state index contributed by atoms with van der Waals surface area (Å²) >= 11 is 0. The minimum absolute atomic E-state index is 0.0401. The maximum atomic E-state index is 12.9. The number of hydrogen-bond donors (Lipinski definition) is 1. The van der Waals surface area contributed by atoms with E-state index < -0.39 is 6.04 Å². The van der Waals surface area contributed by atoms with Crippen LogP contribution in [0.3, 0.4) is 0 Å². The second-order valence-electron chi connectivity index (χ2n) is 6.35. The lowest BCUT2D eigenvalue weighted by molar-refractivity contribution is -0.141. The largest absolute Gasteiger partial charge is 0.383 e. The van der Waals surface area contributed by atoms with Crippen molar-refractivity contribution in [2.24, 2.45) is 0 Å². The first kappa shape index (κ1) is 20.6. The molecule has 2 aromatic carbocycles. The number of nitrogens with one attached hydrogen (secondary N) is 1. The van der Waals surface area contributed by atoms with Crippen LogP contribution >= 0.6 is 0 Å². The van der Waals surface area contributed by atoms with E-state index in [0.717, 1.165) is 11.1 Å². The molecule has 0 aliphatic rings. The lowest BCUT2D eigenvalue weighted by Gasteiger charge is -2.31. The number of methoxy groups -OCH3 is 1. The minimum atomic E-state index is -0.572. The third kappa shape index (κ3) is 6.53. The molecule has 0 fully saturated rings. The van der Waals surface area contributed by atoms with Crippen molar-refractivity contribution in [2.45, 2.75) is 32.4 Å². The van der Waals surface area contributed by atoms with Gasteiger partial charge in [-0.25, -0.2) is 0 Å². The van der Waals surface area contributed by atoms with Crippen LogP contribution in [0.25, 0.3) is 0 Å². The Hall–Kier alpha value is -2.66. The molecule has 2 amide bonds. The fourth-order valence-electron chi connectivity index (χ4n) is 2.93. The van der Waals surface area contributed by atoms with Crippen molar-refractivity contribution in [3.63, 3.8) is 0 Å². The molecule has 2 rings (SSSR count). The average Bonchev–Trinajstić information content (AvgIpc) is 2.71. The molecule has 0 aliphatic carbocycles. The van der Waals surface area contributed by atoms with Gasteiger partial charge in [-0.05, 0) is 11.1 Å². The zero-order valence-corrected chi connectivity index (χ0v) is 16.1. The Balaban J connectivity index is 2.26.